The lowest BCUT2D eigenvalue weighted by Gasteiger charge is -2.34. The van der Waals surface area contributed by atoms with Crippen molar-refractivity contribution in [2.45, 2.75) is 18.2 Å². The summed E-state index contributed by atoms with van der Waals surface area (Å²) in [6, 6.07) is 2.79. The van der Waals surface area contributed by atoms with Crippen LogP contribution in [0.4, 0.5) is 0 Å². The molecule has 1 amide bonds. The molecule has 0 aliphatic carbocycles. The van der Waals surface area contributed by atoms with Gasteiger partial charge >= 0.3 is 0 Å². The normalized spacial score (nSPS) is 16.5. The number of nitrogens with one attached hydrogen (secondary N) is 1. The minimum Gasteiger partial charge on any atom is -0.340 e. The Morgan fingerprint density at radius 2 is 2.00 bits per heavy atom. The van der Waals surface area contributed by atoms with Crippen molar-refractivity contribution in [2.75, 3.05) is 39.3 Å². The molecule has 7 nitrogen and oxygen atoms in total. The monoisotopic (exact) mass is 360 g/mol. The average molecular weight is 361 g/mol. The van der Waals surface area contributed by atoms with Crippen LogP contribution in [0.2, 0.25) is 5.15 Å². The van der Waals surface area contributed by atoms with E-state index in [9.17, 15) is 13.2 Å². The molecule has 0 bridgehead atoms. The van der Waals surface area contributed by atoms with Crippen LogP contribution in [0.15, 0.2) is 23.2 Å². The predicted molar refractivity (Wildman–Crippen MR) is 87.7 cm³/mol. The highest BCUT2D eigenvalue weighted by atomic mass is 35.5. The number of nitrogens with zero attached hydrogens (tertiary/aromatic N) is 3. The third-order valence-electron chi connectivity index (χ3n) is 3.81. The zero-order chi connectivity index (χ0) is 16.9. The van der Waals surface area contributed by atoms with Crippen LogP contribution in [0.3, 0.4) is 0 Å². The van der Waals surface area contributed by atoms with Gasteiger partial charge in [0, 0.05) is 45.3 Å². The van der Waals surface area contributed by atoms with E-state index in [4.69, 9.17) is 11.6 Å². The standard InChI is InChI=1S/C14H21ClN4O3S/c1-2-18-7-9-19(10-8-18)14(20)5-6-17-23(21,22)12-3-4-13(15)16-11-12/h3-4,11,17H,2,5-10H2,1H3. The Balaban J connectivity index is 1.80. The molecule has 1 saturated heterocycles. The molecule has 1 aliphatic heterocycles. The number of amides is 1. The first-order chi connectivity index (χ1) is 10.9. The third kappa shape index (κ3) is 5.13. The second kappa shape index (κ2) is 8.05. The van der Waals surface area contributed by atoms with E-state index in [2.05, 4.69) is 21.5 Å². The summed E-state index contributed by atoms with van der Waals surface area (Å²) in [4.78, 5) is 19.9. The average Bonchev–Trinajstić information content (AvgIpc) is 2.55. The number of carbonyl (C=O) groups excluding carboxylic acids is 1. The number of aromatic nitrogens is 1. The highest BCUT2D eigenvalue weighted by Crippen LogP contribution is 2.10. The van der Waals surface area contributed by atoms with Gasteiger partial charge in [0.2, 0.25) is 15.9 Å². The van der Waals surface area contributed by atoms with E-state index >= 15 is 0 Å². The van der Waals surface area contributed by atoms with E-state index in [1.807, 2.05) is 0 Å². The summed E-state index contributed by atoms with van der Waals surface area (Å²) in [5.74, 6) is -0.0299. The van der Waals surface area contributed by atoms with E-state index in [1.54, 1.807) is 4.90 Å². The van der Waals surface area contributed by atoms with Crippen LogP contribution >= 0.6 is 11.6 Å². The fourth-order valence-corrected chi connectivity index (χ4v) is 3.46. The molecule has 23 heavy (non-hydrogen) atoms. The first-order valence-electron chi connectivity index (χ1n) is 7.53. The lowest BCUT2D eigenvalue weighted by Crippen LogP contribution is -2.49. The van der Waals surface area contributed by atoms with Crippen LogP contribution in [0.5, 0.6) is 0 Å². The summed E-state index contributed by atoms with van der Waals surface area (Å²) in [6.45, 7) is 6.27. The first-order valence-corrected chi connectivity index (χ1v) is 9.40. The van der Waals surface area contributed by atoms with Crippen molar-refractivity contribution in [1.29, 1.82) is 0 Å². The summed E-state index contributed by atoms with van der Waals surface area (Å²) in [5.41, 5.74) is 0. The number of pyridine rings is 1. The number of hydrogen-bond acceptors (Lipinski definition) is 5. The van der Waals surface area contributed by atoms with Crippen molar-refractivity contribution in [3.63, 3.8) is 0 Å². The maximum Gasteiger partial charge on any atom is 0.242 e. The Morgan fingerprint density at radius 3 is 2.57 bits per heavy atom. The molecule has 0 aromatic carbocycles. The summed E-state index contributed by atoms with van der Waals surface area (Å²) >= 11 is 5.63. The summed E-state index contributed by atoms with van der Waals surface area (Å²) in [7, 11) is -3.67. The quantitative estimate of drug-likeness (QED) is 0.750. The zero-order valence-corrected chi connectivity index (χ0v) is 14.6. The fraction of sp³-hybridized carbons (Fsp3) is 0.571. The van der Waals surface area contributed by atoms with E-state index in [-0.39, 0.29) is 28.9 Å². The molecule has 9 heteroatoms. The molecule has 1 aliphatic rings. The van der Waals surface area contributed by atoms with Crippen LogP contribution in [-0.4, -0.2) is 68.4 Å². The molecule has 0 unspecified atom stereocenters. The number of likely N-dealkylation sites (N-methyl/N-ethyl adjacent to an activating group) is 1. The summed E-state index contributed by atoms with van der Waals surface area (Å²) in [6.07, 6.45) is 1.34. The Bertz CT molecular complexity index is 628. The number of sulfonamides is 1. The lowest BCUT2D eigenvalue weighted by atomic mass is 10.3. The Labute approximate surface area is 141 Å². The molecule has 128 valence electrons. The van der Waals surface area contributed by atoms with Crippen LogP contribution < -0.4 is 4.72 Å². The van der Waals surface area contributed by atoms with Gasteiger partial charge in [0.1, 0.15) is 10.0 Å². The van der Waals surface area contributed by atoms with Crippen LogP contribution in [0, 0.1) is 0 Å². The second-order valence-electron chi connectivity index (χ2n) is 5.28. The third-order valence-corrected chi connectivity index (χ3v) is 5.48. The number of halogens is 1. The van der Waals surface area contributed by atoms with E-state index in [0.29, 0.717) is 13.1 Å². The number of hydrogen-bond donors (Lipinski definition) is 1. The smallest absolute Gasteiger partial charge is 0.242 e. The number of carbonyl (C=O) groups is 1. The molecule has 0 spiro atoms. The minimum atomic E-state index is -3.67. The van der Waals surface area contributed by atoms with Gasteiger partial charge in [0.05, 0.1) is 0 Å². The number of piperazine rings is 1. The fourth-order valence-electron chi connectivity index (χ4n) is 2.37. The minimum absolute atomic E-state index is 0.0299. The van der Waals surface area contributed by atoms with Gasteiger partial charge in [0.25, 0.3) is 0 Å². The summed E-state index contributed by atoms with van der Waals surface area (Å²) in [5, 5.41) is 0.227. The molecule has 1 aromatic rings. The maximum atomic E-state index is 12.1. The molecule has 0 saturated carbocycles. The van der Waals surface area contributed by atoms with Gasteiger partial charge in [-0.15, -0.1) is 0 Å². The van der Waals surface area contributed by atoms with Gasteiger partial charge in [-0.25, -0.2) is 18.1 Å². The molecule has 0 radical (unpaired) electrons. The van der Waals surface area contributed by atoms with Gasteiger partial charge in [-0.3, -0.25) is 4.79 Å². The van der Waals surface area contributed by atoms with Gasteiger partial charge in [-0.2, -0.15) is 0 Å². The first kappa shape index (κ1) is 18.1. The molecule has 1 fully saturated rings. The Morgan fingerprint density at radius 1 is 1.30 bits per heavy atom. The summed E-state index contributed by atoms with van der Waals surface area (Å²) < 4.78 is 26.5. The van der Waals surface area contributed by atoms with Gasteiger partial charge < -0.3 is 9.80 Å². The molecule has 1 aromatic heterocycles. The molecular formula is C14H21ClN4O3S. The van der Waals surface area contributed by atoms with Crippen molar-refractivity contribution < 1.29 is 13.2 Å². The Kier molecular flexibility index (Phi) is 6.34. The van der Waals surface area contributed by atoms with E-state index in [0.717, 1.165) is 19.6 Å². The van der Waals surface area contributed by atoms with Crippen molar-refractivity contribution in [3.05, 3.63) is 23.5 Å². The molecule has 1 N–H and O–H groups in total. The Hall–Kier alpha value is -1.22. The second-order valence-corrected chi connectivity index (χ2v) is 7.43. The van der Waals surface area contributed by atoms with Crippen molar-refractivity contribution in [2.24, 2.45) is 0 Å². The van der Waals surface area contributed by atoms with Crippen LogP contribution in [0.1, 0.15) is 13.3 Å². The molecule has 0 atom stereocenters. The molecular weight excluding hydrogens is 340 g/mol. The predicted octanol–water partition coefficient (Wildman–Crippen LogP) is 0.567. The van der Waals surface area contributed by atoms with Gasteiger partial charge in [-0.1, -0.05) is 18.5 Å². The number of rotatable bonds is 6. The van der Waals surface area contributed by atoms with Gasteiger partial charge in [-0.05, 0) is 18.7 Å². The maximum absolute atomic E-state index is 12.1. The zero-order valence-electron chi connectivity index (χ0n) is 13.0. The topological polar surface area (TPSA) is 82.6 Å². The van der Waals surface area contributed by atoms with E-state index < -0.39 is 10.0 Å². The molecule has 2 heterocycles. The highest BCUT2D eigenvalue weighted by molar-refractivity contribution is 7.89. The van der Waals surface area contributed by atoms with Crippen LogP contribution in [0.25, 0.3) is 0 Å². The van der Waals surface area contributed by atoms with Crippen molar-refractivity contribution >= 4 is 27.5 Å². The highest BCUT2D eigenvalue weighted by Gasteiger charge is 2.21. The largest absolute Gasteiger partial charge is 0.340 e. The van der Waals surface area contributed by atoms with Crippen molar-refractivity contribution in [3.8, 4) is 0 Å². The van der Waals surface area contributed by atoms with Crippen molar-refractivity contribution in [1.82, 2.24) is 19.5 Å². The van der Waals surface area contributed by atoms with Gasteiger partial charge in [0.15, 0.2) is 0 Å². The lowest BCUT2D eigenvalue weighted by molar-refractivity contribution is -0.132. The molecule has 2 rings (SSSR count). The van der Waals surface area contributed by atoms with E-state index in [1.165, 1.54) is 18.3 Å². The van der Waals surface area contributed by atoms with Crippen LogP contribution in [-0.2, 0) is 14.8 Å². The SMILES string of the molecule is CCN1CCN(C(=O)CCNS(=O)(=O)c2ccc(Cl)nc2)CC1.